The number of carbonyl (C=O) groups excluding carboxylic acids is 1. The van der Waals surface area contributed by atoms with E-state index in [1.165, 1.54) is 6.07 Å². The Labute approximate surface area is 117 Å². The second kappa shape index (κ2) is 5.42. The molecule has 20 heavy (non-hydrogen) atoms. The lowest BCUT2D eigenvalue weighted by atomic mass is 10.1. The van der Waals surface area contributed by atoms with Gasteiger partial charge in [-0.05, 0) is 30.3 Å². The molecule has 0 spiro atoms. The Morgan fingerprint density at radius 1 is 1.10 bits per heavy atom. The lowest BCUT2D eigenvalue weighted by Crippen LogP contribution is -2.17. The quantitative estimate of drug-likeness (QED) is 0.833. The van der Waals surface area contributed by atoms with Gasteiger partial charge in [-0.15, -0.1) is 0 Å². The highest BCUT2D eigenvalue weighted by Crippen LogP contribution is 2.22. The van der Waals surface area contributed by atoms with Gasteiger partial charge in [0.15, 0.2) is 5.82 Å². The molecule has 0 aliphatic rings. The van der Waals surface area contributed by atoms with Crippen LogP contribution in [-0.2, 0) is 0 Å². The number of anilines is 2. The van der Waals surface area contributed by atoms with E-state index in [4.69, 9.17) is 17.3 Å². The van der Waals surface area contributed by atoms with Crippen LogP contribution in [0.5, 0.6) is 0 Å². The minimum atomic E-state index is -1.16. The molecule has 0 heterocycles. The lowest BCUT2D eigenvalue weighted by Gasteiger charge is -2.09. The van der Waals surface area contributed by atoms with Gasteiger partial charge < -0.3 is 11.1 Å². The average Bonchev–Trinajstić information content (AvgIpc) is 2.39. The van der Waals surface area contributed by atoms with Gasteiger partial charge in [0.25, 0.3) is 5.91 Å². The molecular weight excluding hydrogens is 293 g/mol. The second-order valence-corrected chi connectivity index (χ2v) is 4.32. The Hall–Kier alpha value is -2.21. The fourth-order valence-electron chi connectivity index (χ4n) is 1.54. The van der Waals surface area contributed by atoms with Crippen LogP contribution < -0.4 is 11.1 Å². The molecule has 1 amide bonds. The maximum Gasteiger partial charge on any atom is 0.261 e. The van der Waals surface area contributed by atoms with Gasteiger partial charge in [-0.2, -0.15) is 0 Å². The van der Waals surface area contributed by atoms with Crippen molar-refractivity contribution in [2.45, 2.75) is 0 Å². The van der Waals surface area contributed by atoms with Gasteiger partial charge in [-0.1, -0.05) is 11.6 Å². The molecule has 7 heteroatoms. The maximum atomic E-state index is 13.6. The molecular formula is C13H8ClF3N2O. The maximum absolute atomic E-state index is 13.6. The van der Waals surface area contributed by atoms with E-state index >= 15 is 0 Å². The highest BCUT2D eigenvalue weighted by molar-refractivity contribution is 6.31. The molecule has 104 valence electrons. The van der Waals surface area contributed by atoms with Gasteiger partial charge in [0, 0.05) is 5.69 Å². The summed E-state index contributed by atoms with van der Waals surface area (Å²) in [6.07, 6.45) is 0. The number of halogens is 4. The standard InChI is InChI=1S/C13H8ClF3N2O/c14-7-5-6(1-2-8(7)15)19-13(20)11-9(16)3-4-10(18)12(11)17/h1-5H,18H2,(H,19,20). The van der Waals surface area contributed by atoms with E-state index in [9.17, 15) is 18.0 Å². The first-order chi connectivity index (χ1) is 9.40. The summed E-state index contributed by atoms with van der Waals surface area (Å²) < 4.78 is 40.1. The minimum absolute atomic E-state index is 0.0997. The Balaban J connectivity index is 2.33. The molecule has 0 bridgehead atoms. The van der Waals surface area contributed by atoms with Crippen molar-refractivity contribution in [3.63, 3.8) is 0 Å². The summed E-state index contributed by atoms with van der Waals surface area (Å²) in [5.41, 5.74) is 4.20. The van der Waals surface area contributed by atoms with Crippen LogP contribution in [0.3, 0.4) is 0 Å². The zero-order valence-corrected chi connectivity index (χ0v) is 10.6. The molecule has 0 unspecified atom stereocenters. The number of carbonyl (C=O) groups is 1. The molecule has 3 N–H and O–H groups in total. The number of rotatable bonds is 2. The molecule has 2 rings (SSSR count). The predicted molar refractivity (Wildman–Crippen MR) is 70.1 cm³/mol. The van der Waals surface area contributed by atoms with Crippen molar-refractivity contribution < 1.29 is 18.0 Å². The highest BCUT2D eigenvalue weighted by atomic mass is 35.5. The van der Waals surface area contributed by atoms with Gasteiger partial charge in [-0.25, -0.2) is 13.2 Å². The van der Waals surface area contributed by atoms with Crippen LogP contribution in [0.1, 0.15) is 10.4 Å². The van der Waals surface area contributed by atoms with Crippen molar-refractivity contribution >= 4 is 28.9 Å². The molecule has 0 fully saturated rings. The minimum Gasteiger partial charge on any atom is -0.396 e. The van der Waals surface area contributed by atoms with E-state index in [2.05, 4.69) is 5.32 Å². The average molecular weight is 301 g/mol. The fraction of sp³-hybridized carbons (Fsp3) is 0. The summed E-state index contributed by atoms with van der Waals surface area (Å²) in [7, 11) is 0. The van der Waals surface area contributed by atoms with Gasteiger partial charge in [0.1, 0.15) is 17.2 Å². The van der Waals surface area contributed by atoms with Crippen molar-refractivity contribution in [1.82, 2.24) is 0 Å². The van der Waals surface area contributed by atoms with Crippen LogP contribution in [0.2, 0.25) is 5.02 Å². The first-order valence-electron chi connectivity index (χ1n) is 5.40. The number of amides is 1. The summed E-state index contributed by atoms with van der Waals surface area (Å²) in [5, 5.41) is 1.98. The Kier molecular flexibility index (Phi) is 3.85. The van der Waals surface area contributed by atoms with Crippen molar-refractivity contribution in [3.8, 4) is 0 Å². The number of hydrogen-bond acceptors (Lipinski definition) is 2. The number of nitrogens with two attached hydrogens (primary N) is 1. The Morgan fingerprint density at radius 2 is 1.75 bits per heavy atom. The van der Waals surface area contributed by atoms with Gasteiger partial charge >= 0.3 is 0 Å². The summed E-state index contributed by atoms with van der Waals surface area (Å²) in [6, 6.07) is 5.24. The third-order valence-corrected chi connectivity index (χ3v) is 2.82. The van der Waals surface area contributed by atoms with Crippen LogP contribution in [0.25, 0.3) is 0 Å². The van der Waals surface area contributed by atoms with Crippen LogP contribution in [-0.4, -0.2) is 5.91 Å². The summed E-state index contributed by atoms with van der Waals surface area (Å²) in [5.74, 6) is -3.93. The molecule has 0 saturated heterocycles. The molecule has 3 nitrogen and oxygen atoms in total. The SMILES string of the molecule is Nc1ccc(F)c(C(=O)Nc2ccc(F)c(Cl)c2)c1F. The van der Waals surface area contributed by atoms with E-state index in [1.807, 2.05) is 0 Å². The first-order valence-corrected chi connectivity index (χ1v) is 5.78. The van der Waals surface area contributed by atoms with Crippen molar-refractivity contribution in [2.24, 2.45) is 0 Å². The van der Waals surface area contributed by atoms with E-state index in [-0.39, 0.29) is 16.4 Å². The van der Waals surface area contributed by atoms with E-state index in [0.29, 0.717) is 0 Å². The largest absolute Gasteiger partial charge is 0.396 e. The van der Waals surface area contributed by atoms with Crippen molar-refractivity contribution in [1.29, 1.82) is 0 Å². The van der Waals surface area contributed by atoms with Crippen LogP contribution in [0.15, 0.2) is 30.3 Å². The predicted octanol–water partition coefficient (Wildman–Crippen LogP) is 3.59. The molecule has 0 aliphatic carbocycles. The van der Waals surface area contributed by atoms with Gasteiger partial charge in [0.05, 0.1) is 10.7 Å². The van der Waals surface area contributed by atoms with Gasteiger partial charge in [0.2, 0.25) is 0 Å². The second-order valence-electron chi connectivity index (χ2n) is 3.91. The number of nitrogen functional groups attached to an aromatic ring is 1. The molecule has 0 aromatic heterocycles. The zero-order valence-electron chi connectivity index (χ0n) is 9.88. The topological polar surface area (TPSA) is 55.1 Å². The Morgan fingerprint density at radius 3 is 2.40 bits per heavy atom. The first kappa shape index (κ1) is 14.2. The van der Waals surface area contributed by atoms with Crippen LogP contribution in [0.4, 0.5) is 24.5 Å². The normalized spacial score (nSPS) is 10.4. The van der Waals surface area contributed by atoms with Crippen molar-refractivity contribution in [3.05, 3.63) is 58.4 Å². The third-order valence-electron chi connectivity index (χ3n) is 2.53. The van der Waals surface area contributed by atoms with E-state index < -0.39 is 28.9 Å². The van der Waals surface area contributed by atoms with E-state index in [1.54, 1.807) is 0 Å². The van der Waals surface area contributed by atoms with Crippen LogP contribution >= 0.6 is 11.6 Å². The summed E-state index contributed by atoms with van der Waals surface area (Å²) >= 11 is 5.54. The molecule has 0 atom stereocenters. The highest BCUT2D eigenvalue weighted by Gasteiger charge is 2.19. The molecule has 0 radical (unpaired) electrons. The summed E-state index contributed by atoms with van der Waals surface area (Å²) in [6.45, 7) is 0. The van der Waals surface area contributed by atoms with Gasteiger partial charge in [-0.3, -0.25) is 4.79 Å². The lowest BCUT2D eigenvalue weighted by molar-refractivity contribution is 0.101. The molecule has 2 aromatic carbocycles. The molecule has 0 saturated carbocycles. The molecule has 2 aromatic rings. The zero-order chi connectivity index (χ0) is 14.9. The smallest absolute Gasteiger partial charge is 0.261 e. The summed E-state index contributed by atoms with van der Waals surface area (Å²) in [4.78, 5) is 11.8. The van der Waals surface area contributed by atoms with Crippen molar-refractivity contribution in [2.75, 3.05) is 11.1 Å². The number of benzene rings is 2. The third kappa shape index (κ3) is 2.70. The van der Waals surface area contributed by atoms with Crippen LogP contribution in [0, 0.1) is 17.5 Å². The van der Waals surface area contributed by atoms with E-state index in [0.717, 1.165) is 24.3 Å². The molecule has 0 aliphatic heterocycles. The number of hydrogen-bond donors (Lipinski definition) is 2. The monoisotopic (exact) mass is 300 g/mol. The number of nitrogens with one attached hydrogen (secondary N) is 1. The fourth-order valence-corrected chi connectivity index (χ4v) is 1.72. The Bertz CT molecular complexity index is 692.